The Labute approximate surface area is 191 Å². The number of nitrogens with one attached hydrogen (secondary N) is 2. The minimum Gasteiger partial charge on any atom is -0.332 e. The number of carbonyl (C=O) groups is 2. The number of halogens is 1. The summed E-state index contributed by atoms with van der Waals surface area (Å²) in [5.41, 5.74) is 4.26. The quantitative estimate of drug-likeness (QED) is 0.416. The molecule has 0 aliphatic heterocycles. The van der Waals surface area contributed by atoms with Crippen molar-refractivity contribution in [3.05, 3.63) is 114 Å². The van der Waals surface area contributed by atoms with Crippen molar-refractivity contribution in [1.29, 1.82) is 0 Å². The van der Waals surface area contributed by atoms with Crippen molar-refractivity contribution in [2.45, 2.75) is 19.9 Å². The Balaban J connectivity index is 1.34. The molecule has 6 nitrogen and oxygen atoms in total. The van der Waals surface area contributed by atoms with E-state index in [1.165, 1.54) is 29.8 Å². The molecule has 4 aromatic rings. The number of benzene rings is 3. The summed E-state index contributed by atoms with van der Waals surface area (Å²) in [5, 5.41) is 5.64. The molecule has 33 heavy (non-hydrogen) atoms. The van der Waals surface area contributed by atoms with E-state index in [9.17, 15) is 14.0 Å². The lowest BCUT2D eigenvalue weighted by atomic mass is 10.1. The van der Waals surface area contributed by atoms with Crippen LogP contribution in [-0.2, 0) is 13.0 Å². The number of anilines is 2. The van der Waals surface area contributed by atoms with Crippen LogP contribution >= 0.6 is 0 Å². The maximum absolute atomic E-state index is 13.0. The minimum atomic E-state index is -0.387. The van der Waals surface area contributed by atoms with Gasteiger partial charge in [-0.25, -0.2) is 9.37 Å². The first kappa shape index (κ1) is 22.0. The summed E-state index contributed by atoms with van der Waals surface area (Å²) in [7, 11) is 0. The Morgan fingerprint density at radius 1 is 0.818 bits per heavy atom. The van der Waals surface area contributed by atoms with E-state index in [4.69, 9.17) is 0 Å². The Bertz CT molecular complexity index is 1250. The van der Waals surface area contributed by atoms with Gasteiger partial charge in [-0.3, -0.25) is 9.59 Å². The molecular formula is C26H23FN4O2. The predicted molar refractivity (Wildman–Crippen MR) is 126 cm³/mol. The molecule has 0 radical (unpaired) electrons. The zero-order valence-electron chi connectivity index (χ0n) is 18.1. The molecule has 0 aliphatic rings. The number of nitrogens with zero attached hydrogens (tertiary/aromatic N) is 2. The highest BCUT2D eigenvalue weighted by molar-refractivity contribution is 6.04. The standard InChI is InChI=1S/C26H23FN4O2/c1-2-18-3-11-23(12-4-18)30-26(33)24-16-31(17-28-24)15-19-5-13-22(14-6-19)29-25(32)20-7-9-21(27)10-8-20/h3-14,16-17H,2,15H2,1H3,(H,29,32)(H,30,33). The maximum atomic E-state index is 13.0. The van der Waals surface area contributed by atoms with Crippen LogP contribution in [0.15, 0.2) is 85.3 Å². The van der Waals surface area contributed by atoms with Gasteiger partial charge in [0, 0.05) is 29.7 Å². The largest absolute Gasteiger partial charge is 0.332 e. The second-order valence-electron chi connectivity index (χ2n) is 7.59. The number of carbonyl (C=O) groups excluding carboxylic acids is 2. The molecule has 0 aliphatic carbocycles. The molecule has 0 saturated heterocycles. The van der Waals surface area contributed by atoms with Crippen molar-refractivity contribution >= 4 is 23.2 Å². The van der Waals surface area contributed by atoms with Gasteiger partial charge in [0.25, 0.3) is 11.8 Å². The van der Waals surface area contributed by atoms with Gasteiger partial charge in [0.15, 0.2) is 0 Å². The third-order valence-corrected chi connectivity index (χ3v) is 5.17. The van der Waals surface area contributed by atoms with E-state index in [-0.39, 0.29) is 17.6 Å². The highest BCUT2D eigenvalue weighted by Gasteiger charge is 2.11. The topological polar surface area (TPSA) is 76.0 Å². The van der Waals surface area contributed by atoms with E-state index in [1.807, 2.05) is 41.0 Å². The molecule has 0 unspecified atom stereocenters. The average Bonchev–Trinajstić information content (AvgIpc) is 3.30. The summed E-state index contributed by atoms with van der Waals surface area (Å²) in [6, 6.07) is 20.5. The Hall–Kier alpha value is -4.26. The second-order valence-corrected chi connectivity index (χ2v) is 7.59. The van der Waals surface area contributed by atoms with Crippen LogP contribution in [-0.4, -0.2) is 21.4 Å². The van der Waals surface area contributed by atoms with Gasteiger partial charge in [0.1, 0.15) is 11.5 Å². The SMILES string of the molecule is CCc1ccc(NC(=O)c2cn(Cc3ccc(NC(=O)c4ccc(F)cc4)cc3)cn2)cc1. The molecule has 4 rings (SSSR count). The van der Waals surface area contributed by atoms with E-state index in [0.717, 1.165) is 17.7 Å². The molecular weight excluding hydrogens is 419 g/mol. The molecule has 2 amide bonds. The molecule has 3 aromatic carbocycles. The van der Waals surface area contributed by atoms with Crippen molar-refractivity contribution in [3.8, 4) is 0 Å². The van der Waals surface area contributed by atoms with E-state index in [1.54, 1.807) is 24.7 Å². The van der Waals surface area contributed by atoms with Crippen molar-refractivity contribution in [1.82, 2.24) is 9.55 Å². The van der Waals surface area contributed by atoms with Gasteiger partial charge >= 0.3 is 0 Å². The van der Waals surface area contributed by atoms with Crippen LogP contribution in [0.2, 0.25) is 0 Å². The van der Waals surface area contributed by atoms with Gasteiger partial charge in [-0.2, -0.15) is 0 Å². The minimum absolute atomic E-state index is 0.267. The van der Waals surface area contributed by atoms with Crippen molar-refractivity contribution in [3.63, 3.8) is 0 Å². The van der Waals surface area contributed by atoms with E-state index < -0.39 is 0 Å². The number of amides is 2. The van der Waals surface area contributed by atoms with Gasteiger partial charge in [-0.1, -0.05) is 31.2 Å². The summed E-state index contributed by atoms with van der Waals surface area (Å²) in [4.78, 5) is 28.9. The zero-order valence-corrected chi connectivity index (χ0v) is 18.1. The fourth-order valence-corrected chi connectivity index (χ4v) is 3.29. The van der Waals surface area contributed by atoms with E-state index >= 15 is 0 Å². The molecule has 7 heteroatoms. The molecule has 166 valence electrons. The number of hydrogen-bond acceptors (Lipinski definition) is 3. The molecule has 0 saturated carbocycles. The first-order valence-electron chi connectivity index (χ1n) is 10.6. The molecule has 0 bridgehead atoms. The molecule has 1 aromatic heterocycles. The fourth-order valence-electron chi connectivity index (χ4n) is 3.29. The fraction of sp³-hybridized carbons (Fsp3) is 0.115. The maximum Gasteiger partial charge on any atom is 0.275 e. The third-order valence-electron chi connectivity index (χ3n) is 5.17. The third kappa shape index (κ3) is 5.71. The van der Waals surface area contributed by atoms with Gasteiger partial charge in [-0.15, -0.1) is 0 Å². The summed E-state index contributed by atoms with van der Waals surface area (Å²) in [5.74, 6) is -0.962. The second kappa shape index (κ2) is 9.91. The summed E-state index contributed by atoms with van der Waals surface area (Å²) >= 11 is 0. The molecule has 1 heterocycles. The smallest absolute Gasteiger partial charge is 0.275 e. The highest BCUT2D eigenvalue weighted by atomic mass is 19.1. The number of imidazole rings is 1. The number of hydrogen-bond donors (Lipinski definition) is 2. The van der Waals surface area contributed by atoms with Crippen LogP contribution in [0.3, 0.4) is 0 Å². The van der Waals surface area contributed by atoms with Crippen LogP contribution in [0.1, 0.15) is 38.9 Å². The predicted octanol–water partition coefficient (Wildman–Crippen LogP) is 5.14. The lowest BCUT2D eigenvalue weighted by molar-refractivity contribution is 0.101. The summed E-state index contributed by atoms with van der Waals surface area (Å²) in [6.45, 7) is 2.61. The van der Waals surface area contributed by atoms with Gasteiger partial charge in [0.2, 0.25) is 0 Å². The van der Waals surface area contributed by atoms with Gasteiger partial charge < -0.3 is 15.2 Å². The number of rotatable bonds is 7. The van der Waals surface area contributed by atoms with Crippen LogP contribution in [0.5, 0.6) is 0 Å². The zero-order chi connectivity index (χ0) is 23.2. The molecule has 0 spiro atoms. The Kier molecular flexibility index (Phi) is 6.59. The average molecular weight is 442 g/mol. The first-order valence-corrected chi connectivity index (χ1v) is 10.6. The number of aromatic nitrogens is 2. The number of aryl methyl sites for hydroxylation is 1. The van der Waals surface area contributed by atoms with Crippen molar-refractivity contribution in [2.75, 3.05) is 10.6 Å². The molecule has 0 atom stereocenters. The molecule has 2 N–H and O–H groups in total. The van der Waals surface area contributed by atoms with Crippen molar-refractivity contribution in [2.24, 2.45) is 0 Å². The van der Waals surface area contributed by atoms with Crippen LogP contribution in [0.25, 0.3) is 0 Å². The van der Waals surface area contributed by atoms with Gasteiger partial charge in [-0.05, 0) is 66.1 Å². The van der Waals surface area contributed by atoms with Crippen molar-refractivity contribution < 1.29 is 14.0 Å². The lowest BCUT2D eigenvalue weighted by Crippen LogP contribution is -2.12. The van der Waals surface area contributed by atoms with Crippen LogP contribution in [0.4, 0.5) is 15.8 Å². The lowest BCUT2D eigenvalue weighted by Gasteiger charge is -2.07. The summed E-state index contributed by atoms with van der Waals surface area (Å²) < 4.78 is 14.8. The van der Waals surface area contributed by atoms with Gasteiger partial charge in [0.05, 0.1) is 6.33 Å². The normalized spacial score (nSPS) is 10.6. The highest BCUT2D eigenvalue weighted by Crippen LogP contribution is 2.14. The Morgan fingerprint density at radius 3 is 2.00 bits per heavy atom. The van der Waals surface area contributed by atoms with E-state index in [0.29, 0.717) is 23.5 Å². The monoisotopic (exact) mass is 442 g/mol. The molecule has 0 fully saturated rings. The Morgan fingerprint density at radius 2 is 1.39 bits per heavy atom. The summed E-state index contributed by atoms with van der Waals surface area (Å²) in [6.07, 6.45) is 4.25. The van der Waals surface area contributed by atoms with Crippen LogP contribution < -0.4 is 10.6 Å². The first-order chi connectivity index (χ1) is 16.0. The van der Waals surface area contributed by atoms with Crippen LogP contribution in [0, 0.1) is 5.82 Å². The van der Waals surface area contributed by atoms with E-state index in [2.05, 4.69) is 22.5 Å².